The standard InChI is InChI=1S/C15H18N2O3/c1-15(2,3)9-12-16-13(17-20-12)10-6-5-7-11(8-10)14(18)19-4/h5-8H,9H2,1-4H3. The van der Waals surface area contributed by atoms with E-state index in [0.29, 0.717) is 23.7 Å². The Bertz CT molecular complexity index is 612. The Morgan fingerprint density at radius 2 is 2.10 bits per heavy atom. The smallest absolute Gasteiger partial charge is 0.337 e. The van der Waals surface area contributed by atoms with Crippen LogP contribution in [0.2, 0.25) is 0 Å². The molecule has 0 aliphatic carbocycles. The fourth-order valence-corrected chi connectivity index (χ4v) is 1.80. The van der Waals surface area contributed by atoms with Crippen molar-refractivity contribution >= 4 is 5.97 Å². The number of ether oxygens (including phenoxy) is 1. The second-order valence-corrected chi connectivity index (χ2v) is 5.82. The molecule has 20 heavy (non-hydrogen) atoms. The summed E-state index contributed by atoms with van der Waals surface area (Å²) in [6, 6.07) is 6.97. The van der Waals surface area contributed by atoms with Gasteiger partial charge in [-0.2, -0.15) is 4.98 Å². The summed E-state index contributed by atoms with van der Waals surface area (Å²) < 4.78 is 9.94. The highest BCUT2D eigenvalue weighted by Gasteiger charge is 2.17. The zero-order valence-electron chi connectivity index (χ0n) is 12.1. The maximum Gasteiger partial charge on any atom is 0.337 e. The first-order chi connectivity index (χ1) is 9.39. The summed E-state index contributed by atoms with van der Waals surface area (Å²) >= 11 is 0. The molecule has 0 unspecified atom stereocenters. The van der Waals surface area contributed by atoms with Crippen LogP contribution in [0.25, 0.3) is 11.4 Å². The number of hydrogen-bond donors (Lipinski definition) is 0. The molecule has 0 bridgehead atoms. The van der Waals surface area contributed by atoms with Crippen LogP contribution >= 0.6 is 0 Å². The largest absolute Gasteiger partial charge is 0.465 e. The van der Waals surface area contributed by atoms with Crippen LogP contribution in [0, 0.1) is 5.41 Å². The molecule has 1 aromatic heterocycles. The van der Waals surface area contributed by atoms with Crippen molar-refractivity contribution in [1.29, 1.82) is 0 Å². The van der Waals surface area contributed by atoms with Crippen molar-refractivity contribution in [2.75, 3.05) is 7.11 Å². The lowest BCUT2D eigenvalue weighted by Gasteiger charge is -2.13. The Hall–Kier alpha value is -2.17. The van der Waals surface area contributed by atoms with Crippen molar-refractivity contribution in [3.63, 3.8) is 0 Å². The minimum atomic E-state index is -0.384. The number of nitrogens with zero attached hydrogens (tertiary/aromatic N) is 2. The van der Waals surface area contributed by atoms with Gasteiger partial charge < -0.3 is 9.26 Å². The number of carbonyl (C=O) groups is 1. The van der Waals surface area contributed by atoms with Gasteiger partial charge in [0.2, 0.25) is 11.7 Å². The minimum Gasteiger partial charge on any atom is -0.465 e. The number of hydrogen-bond acceptors (Lipinski definition) is 5. The van der Waals surface area contributed by atoms with Gasteiger partial charge in [0, 0.05) is 12.0 Å². The molecule has 106 valence electrons. The molecular formula is C15H18N2O3. The highest BCUT2D eigenvalue weighted by Crippen LogP contribution is 2.22. The number of rotatable bonds is 3. The molecule has 1 aromatic carbocycles. The van der Waals surface area contributed by atoms with Crippen LogP contribution in [0.4, 0.5) is 0 Å². The van der Waals surface area contributed by atoms with E-state index in [0.717, 1.165) is 5.56 Å². The fourth-order valence-electron chi connectivity index (χ4n) is 1.80. The Kier molecular flexibility index (Phi) is 3.88. The van der Waals surface area contributed by atoms with Crippen LogP contribution in [0.3, 0.4) is 0 Å². The van der Waals surface area contributed by atoms with Gasteiger partial charge in [0.1, 0.15) is 0 Å². The van der Waals surface area contributed by atoms with Crippen molar-refractivity contribution in [3.05, 3.63) is 35.7 Å². The summed E-state index contributed by atoms with van der Waals surface area (Å²) in [5.41, 5.74) is 1.28. The molecule has 5 heteroatoms. The highest BCUT2D eigenvalue weighted by atomic mass is 16.5. The zero-order valence-corrected chi connectivity index (χ0v) is 12.1. The quantitative estimate of drug-likeness (QED) is 0.804. The molecule has 0 spiro atoms. The highest BCUT2D eigenvalue weighted by molar-refractivity contribution is 5.90. The third kappa shape index (κ3) is 3.44. The Morgan fingerprint density at radius 1 is 1.35 bits per heavy atom. The first kappa shape index (κ1) is 14.2. The Labute approximate surface area is 118 Å². The Balaban J connectivity index is 2.26. The second-order valence-electron chi connectivity index (χ2n) is 5.82. The molecule has 0 aliphatic heterocycles. The normalized spacial score (nSPS) is 11.4. The number of aromatic nitrogens is 2. The topological polar surface area (TPSA) is 65.2 Å². The third-order valence-electron chi connectivity index (χ3n) is 2.69. The lowest BCUT2D eigenvalue weighted by molar-refractivity contribution is 0.0601. The van der Waals surface area contributed by atoms with Gasteiger partial charge in [0.05, 0.1) is 12.7 Å². The molecule has 0 fully saturated rings. The second kappa shape index (κ2) is 5.45. The van der Waals surface area contributed by atoms with Gasteiger partial charge in [0.25, 0.3) is 0 Å². The van der Waals surface area contributed by atoms with E-state index in [-0.39, 0.29) is 11.4 Å². The molecular weight excluding hydrogens is 256 g/mol. The number of benzene rings is 1. The summed E-state index contributed by atoms with van der Waals surface area (Å²) in [6.07, 6.45) is 0.705. The van der Waals surface area contributed by atoms with Crippen molar-refractivity contribution in [1.82, 2.24) is 10.1 Å². The molecule has 2 aromatic rings. The predicted octanol–water partition coefficient (Wildman–Crippen LogP) is 3.11. The summed E-state index contributed by atoms with van der Waals surface area (Å²) in [7, 11) is 1.35. The molecule has 0 atom stereocenters. The molecule has 0 N–H and O–H groups in total. The maximum absolute atomic E-state index is 11.5. The first-order valence-electron chi connectivity index (χ1n) is 6.40. The first-order valence-corrected chi connectivity index (χ1v) is 6.40. The van der Waals surface area contributed by atoms with E-state index < -0.39 is 0 Å². The molecule has 0 saturated heterocycles. The minimum absolute atomic E-state index is 0.0810. The molecule has 0 radical (unpaired) electrons. The number of esters is 1. The summed E-state index contributed by atoms with van der Waals surface area (Å²) in [6.45, 7) is 6.32. The Morgan fingerprint density at radius 3 is 2.75 bits per heavy atom. The summed E-state index contributed by atoms with van der Waals surface area (Å²) in [5.74, 6) is 0.691. The third-order valence-corrected chi connectivity index (χ3v) is 2.69. The summed E-state index contributed by atoms with van der Waals surface area (Å²) in [4.78, 5) is 15.9. The van der Waals surface area contributed by atoms with Crippen LogP contribution in [0.1, 0.15) is 37.0 Å². The number of methoxy groups -OCH3 is 1. The molecule has 0 saturated carbocycles. The summed E-state index contributed by atoms with van der Waals surface area (Å²) in [5, 5.41) is 3.96. The van der Waals surface area contributed by atoms with Crippen molar-refractivity contribution in [2.45, 2.75) is 27.2 Å². The van der Waals surface area contributed by atoms with Crippen molar-refractivity contribution in [3.8, 4) is 11.4 Å². The lowest BCUT2D eigenvalue weighted by atomic mass is 9.92. The van der Waals surface area contributed by atoms with Crippen LogP contribution in [-0.4, -0.2) is 23.2 Å². The van der Waals surface area contributed by atoms with Gasteiger partial charge >= 0.3 is 5.97 Å². The van der Waals surface area contributed by atoms with E-state index in [4.69, 9.17) is 9.26 Å². The SMILES string of the molecule is COC(=O)c1cccc(-c2noc(CC(C)(C)C)n2)c1. The molecule has 2 rings (SSSR count). The van der Waals surface area contributed by atoms with Crippen LogP contribution in [-0.2, 0) is 11.2 Å². The van der Waals surface area contributed by atoms with E-state index in [1.54, 1.807) is 18.2 Å². The zero-order chi connectivity index (χ0) is 14.8. The van der Waals surface area contributed by atoms with Gasteiger partial charge in [-0.05, 0) is 17.5 Å². The number of carbonyl (C=O) groups excluding carboxylic acids is 1. The van der Waals surface area contributed by atoms with Crippen molar-refractivity contribution in [2.24, 2.45) is 5.41 Å². The van der Waals surface area contributed by atoms with Gasteiger partial charge in [-0.15, -0.1) is 0 Å². The predicted molar refractivity (Wildman–Crippen MR) is 74.2 cm³/mol. The molecule has 0 amide bonds. The van der Waals surface area contributed by atoms with Gasteiger partial charge in [-0.3, -0.25) is 0 Å². The van der Waals surface area contributed by atoms with Crippen LogP contribution < -0.4 is 0 Å². The van der Waals surface area contributed by atoms with Crippen molar-refractivity contribution < 1.29 is 14.1 Å². The fraction of sp³-hybridized carbons (Fsp3) is 0.400. The lowest BCUT2D eigenvalue weighted by Crippen LogP contribution is -2.09. The van der Waals surface area contributed by atoms with Crippen LogP contribution in [0.5, 0.6) is 0 Å². The average molecular weight is 274 g/mol. The molecule has 0 aliphatic rings. The average Bonchev–Trinajstić information content (AvgIpc) is 2.84. The van der Waals surface area contributed by atoms with E-state index in [2.05, 4.69) is 30.9 Å². The molecule has 5 nitrogen and oxygen atoms in total. The van der Waals surface area contributed by atoms with Crippen LogP contribution in [0.15, 0.2) is 28.8 Å². The van der Waals surface area contributed by atoms with E-state index >= 15 is 0 Å². The van der Waals surface area contributed by atoms with E-state index in [1.807, 2.05) is 6.07 Å². The van der Waals surface area contributed by atoms with E-state index in [1.165, 1.54) is 7.11 Å². The van der Waals surface area contributed by atoms with E-state index in [9.17, 15) is 4.79 Å². The molecule has 1 heterocycles. The van der Waals surface area contributed by atoms with Gasteiger partial charge in [-0.25, -0.2) is 4.79 Å². The van der Waals surface area contributed by atoms with Gasteiger partial charge in [-0.1, -0.05) is 38.1 Å². The monoisotopic (exact) mass is 274 g/mol. The maximum atomic E-state index is 11.5. The van der Waals surface area contributed by atoms with Gasteiger partial charge in [0.15, 0.2) is 0 Å².